The van der Waals surface area contributed by atoms with Gasteiger partial charge in [-0.05, 0) is 38.1 Å². The van der Waals surface area contributed by atoms with E-state index in [4.69, 9.17) is 27.9 Å². The number of hydrogen-bond donors (Lipinski definition) is 1. The minimum absolute atomic E-state index is 0.191. The lowest BCUT2D eigenvalue weighted by Crippen LogP contribution is -2.15. The Morgan fingerprint density at radius 2 is 2.00 bits per heavy atom. The third kappa shape index (κ3) is 4.34. The van der Waals surface area contributed by atoms with Crippen LogP contribution < -0.4 is 10.1 Å². The summed E-state index contributed by atoms with van der Waals surface area (Å²) in [5.74, 6) is 0.224. The minimum Gasteiger partial charge on any atom is -0.420 e. The summed E-state index contributed by atoms with van der Waals surface area (Å²) in [4.78, 5) is 16.3. The van der Waals surface area contributed by atoms with Crippen molar-refractivity contribution in [3.63, 3.8) is 0 Å². The maximum atomic E-state index is 12.1. The van der Waals surface area contributed by atoms with Crippen molar-refractivity contribution in [1.29, 1.82) is 0 Å². The zero-order valence-electron chi connectivity index (χ0n) is 11.6. The van der Waals surface area contributed by atoms with Crippen LogP contribution in [0.1, 0.15) is 24.3 Å². The Hall–Kier alpha value is -1.78. The molecule has 0 radical (unpaired) electrons. The van der Waals surface area contributed by atoms with Crippen LogP contribution >= 0.6 is 23.2 Å². The van der Waals surface area contributed by atoms with Crippen LogP contribution in [0, 0.1) is 0 Å². The molecule has 2 aromatic rings. The van der Waals surface area contributed by atoms with Crippen molar-refractivity contribution in [2.75, 3.05) is 5.32 Å². The van der Waals surface area contributed by atoms with Crippen molar-refractivity contribution in [3.8, 4) is 5.75 Å². The average molecular weight is 325 g/mol. The Morgan fingerprint density at radius 1 is 1.24 bits per heavy atom. The quantitative estimate of drug-likeness (QED) is 0.667. The van der Waals surface area contributed by atoms with E-state index in [0.29, 0.717) is 15.9 Å². The number of rotatable bonds is 4. The summed E-state index contributed by atoms with van der Waals surface area (Å²) in [6.07, 6.45) is 0. The van der Waals surface area contributed by atoms with Crippen LogP contribution in [-0.4, -0.2) is 17.0 Å². The van der Waals surface area contributed by atoms with Crippen molar-refractivity contribution < 1.29 is 9.53 Å². The maximum Gasteiger partial charge on any atom is 0.362 e. The number of nitrogens with one attached hydrogen (secondary N) is 1. The molecule has 0 fully saturated rings. The molecule has 0 unspecified atom stereocenters. The smallest absolute Gasteiger partial charge is 0.362 e. The maximum absolute atomic E-state index is 12.1. The molecule has 1 aromatic heterocycles. The number of carbonyl (C=O) groups excluding carboxylic acids is 1. The van der Waals surface area contributed by atoms with Crippen LogP contribution in [0.4, 0.5) is 5.82 Å². The number of halogens is 2. The van der Waals surface area contributed by atoms with Crippen molar-refractivity contribution in [2.24, 2.45) is 0 Å². The summed E-state index contributed by atoms with van der Waals surface area (Å²) in [7, 11) is 0. The van der Waals surface area contributed by atoms with E-state index in [1.54, 1.807) is 30.3 Å². The third-order valence-corrected chi connectivity index (χ3v) is 3.04. The molecule has 1 N–H and O–H groups in total. The molecule has 4 nitrogen and oxygen atoms in total. The van der Waals surface area contributed by atoms with Crippen LogP contribution in [0.2, 0.25) is 10.0 Å². The number of carbonyl (C=O) groups is 1. The second-order valence-electron chi connectivity index (χ2n) is 4.67. The highest BCUT2D eigenvalue weighted by Crippen LogP contribution is 2.28. The van der Waals surface area contributed by atoms with Gasteiger partial charge in [-0.15, -0.1) is 0 Å². The second-order valence-corrected chi connectivity index (χ2v) is 5.52. The number of ether oxygens (including phenoxy) is 1. The first-order valence-electron chi connectivity index (χ1n) is 6.36. The first kappa shape index (κ1) is 15.6. The van der Waals surface area contributed by atoms with Gasteiger partial charge in [-0.25, -0.2) is 9.78 Å². The topological polar surface area (TPSA) is 51.2 Å². The number of aromatic nitrogens is 1. The van der Waals surface area contributed by atoms with Gasteiger partial charge in [0.25, 0.3) is 0 Å². The predicted molar refractivity (Wildman–Crippen MR) is 84.4 cm³/mol. The Morgan fingerprint density at radius 3 is 2.71 bits per heavy atom. The molecule has 21 heavy (non-hydrogen) atoms. The van der Waals surface area contributed by atoms with E-state index < -0.39 is 5.97 Å². The first-order valence-corrected chi connectivity index (χ1v) is 7.12. The summed E-state index contributed by atoms with van der Waals surface area (Å²) in [5.41, 5.74) is 0.191. The monoisotopic (exact) mass is 324 g/mol. The van der Waals surface area contributed by atoms with Gasteiger partial charge < -0.3 is 10.1 Å². The van der Waals surface area contributed by atoms with Crippen molar-refractivity contribution >= 4 is 35.0 Å². The van der Waals surface area contributed by atoms with Crippen LogP contribution in [0.25, 0.3) is 0 Å². The van der Waals surface area contributed by atoms with Gasteiger partial charge in [0, 0.05) is 17.1 Å². The van der Waals surface area contributed by atoms with E-state index in [-0.39, 0.29) is 17.5 Å². The molecule has 6 heteroatoms. The summed E-state index contributed by atoms with van der Waals surface area (Å²) in [6, 6.07) is 9.97. The average Bonchev–Trinajstić information content (AvgIpc) is 2.42. The minimum atomic E-state index is -0.591. The highest BCUT2D eigenvalue weighted by atomic mass is 35.5. The second kappa shape index (κ2) is 6.78. The van der Waals surface area contributed by atoms with Crippen LogP contribution in [-0.2, 0) is 0 Å². The fourth-order valence-electron chi connectivity index (χ4n) is 1.63. The highest BCUT2D eigenvalue weighted by Gasteiger charge is 2.13. The summed E-state index contributed by atoms with van der Waals surface area (Å²) in [5, 5.41) is 3.86. The van der Waals surface area contributed by atoms with Crippen LogP contribution in [0.3, 0.4) is 0 Å². The Kier molecular flexibility index (Phi) is 5.04. The van der Waals surface area contributed by atoms with Crippen molar-refractivity contribution in [3.05, 3.63) is 52.1 Å². The van der Waals surface area contributed by atoms with Gasteiger partial charge in [-0.2, -0.15) is 0 Å². The lowest BCUT2D eigenvalue weighted by atomic mass is 10.3. The molecule has 0 bridgehead atoms. The molecule has 0 spiro atoms. The number of hydrogen-bond acceptors (Lipinski definition) is 4. The molecule has 110 valence electrons. The van der Waals surface area contributed by atoms with Gasteiger partial charge in [0.2, 0.25) is 0 Å². The molecule has 1 aromatic carbocycles. The molecule has 1 heterocycles. The number of pyridine rings is 1. The number of nitrogens with zero attached hydrogens (tertiary/aromatic N) is 1. The largest absolute Gasteiger partial charge is 0.420 e. The van der Waals surface area contributed by atoms with Gasteiger partial charge in [0.15, 0.2) is 11.4 Å². The normalized spacial score (nSPS) is 10.5. The highest BCUT2D eigenvalue weighted by molar-refractivity contribution is 6.34. The third-order valence-electron chi connectivity index (χ3n) is 2.49. The van der Waals surface area contributed by atoms with E-state index in [0.717, 1.165) is 0 Å². The molecule has 0 aliphatic rings. The number of esters is 1. The lowest BCUT2D eigenvalue weighted by Gasteiger charge is -2.10. The van der Waals surface area contributed by atoms with E-state index in [2.05, 4.69) is 10.3 Å². The predicted octanol–water partition coefficient (Wildman–Crippen LogP) is 4.43. The molecule has 0 saturated heterocycles. The van der Waals surface area contributed by atoms with Crippen molar-refractivity contribution in [2.45, 2.75) is 19.9 Å². The molecular formula is C15H14Cl2N2O2. The van der Waals surface area contributed by atoms with Gasteiger partial charge >= 0.3 is 5.97 Å². The van der Waals surface area contributed by atoms with Crippen molar-refractivity contribution in [1.82, 2.24) is 4.98 Å². The Balaban J connectivity index is 2.18. The fraction of sp³-hybridized carbons (Fsp3) is 0.200. The number of anilines is 1. The zero-order valence-corrected chi connectivity index (χ0v) is 13.1. The first-order chi connectivity index (χ1) is 9.95. The van der Waals surface area contributed by atoms with Gasteiger partial charge in [0.05, 0.1) is 5.02 Å². The van der Waals surface area contributed by atoms with E-state index >= 15 is 0 Å². The summed E-state index contributed by atoms with van der Waals surface area (Å²) >= 11 is 11.8. The fourth-order valence-corrected chi connectivity index (χ4v) is 1.95. The molecule has 0 atom stereocenters. The zero-order chi connectivity index (χ0) is 15.4. The Bertz CT molecular complexity index is 660. The summed E-state index contributed by atoms with van der Waals surface area (Å²) < 4.78 is 5.23. The molecule has 0 aliphatic heterocycles. The van der Waals surface area contributed by atoms with E-state index in [1.165, 1.54) is 6.07 Å². The van der Waals surface area contributed by atoms with E-state index in [1.807, 2.05) is 13.8 Å². The van der Waals surface area contributed by atoms with Gasteiger partial charge in [0.1, 0.15) is 5.82 Å². The molecule has 2 rings (SSSR count). The molecule has 0 saturated carbocycles. The van der Waals surface area contributed by atoms with E-state index in [9.17, 15) is 4.79 Å². The lowest BCUT2D eigenvalue weighted by molar-refractivity contribution is 0.0729. The molecule has 0 amide bonds. The van der Waals surface area contributed by atoms with Gasteiger partial charge in [-0.1, -0.05) is 29.3 Å². The Labute approximate surface area is 133 Å². The van der Waals surface area contributed by atoms with Gasteiger partial charge in [-0.3, -0.25) is 0 Å². The van der Waals surface area contributed by atoms with Crippen LogP contribution in [0.5, 0.6) is 5.75 Å². The molecule has 0 aliphatic carbocycles. The molecular weight excluding hydrogens is 311 g/mol. The van der Waals surface area contributed by atoms with Crippen LogP contribution in [0.15, 0.2) is 36.4 Å². The SMILES string of the molecule is CC(C)Nc1cccc(C(=O)Oc2cc(Cl)ccc2Cl)n1. The standard InChI is InChI=1S/C15H14Cl2N2O2/c1-9(2)18-14-5-3-4-12(19-14)15(20)21-13-8-10(16)6-7-11(13)17/h3-9H,1-2H3,(H,18,19). The summed E-state index contributed by atoms with van der Waals surface area (Å²) in [6.45, 7) is 3.97. The number of benzene rings is 1.